The van der Waals surface area contributed by atoms with E-state index in [1.54, 1.807) is 0 Å². The first-order valence-electron chi connectivity index (χ1n) is 6.26. The number of halogens is 1. The Morgan fingerprint density at radius 3 is 3.00 bits per heavy atom. The fourth-order valence-corrected chi connectivity index (χ4v) is 2.81. The minimum atomic E-state index is -0.402. The van der Waals surface area contributed by atoms with Crippen LogP contribution in [-0.4, -0.2) is 11.2 Å². The Morgan fingerprint density at radius 2 is 2.29 bits per heavy atom. The molecule has 0 saturated carbocycles. The maximum atomic E-state index is 10.2. The molecular weight excluding hydrogens is 280 g/mol. The van der Waals surface area contributed by atoms with Crippen molar-refractivity contribution >= 4 is 15.9 Å². The van der Waals surface area contributed by atoms with Crippen molar-refractivity contribution in [3.63, 3.8) is 0 Å². The second kappa shape index (κ2) is 5.40. The van der Waals surface area contributed by atoms with Gasteiger partial charge in [-0.2, -0.15) is 0 Å². The van der Waals surface area contributed by atoms with Gasteiger partial charge in [-0.1, -0.05) is 36.2 Å². The van der Waals surface area contributed by atoms with Crippen molar-refractivity contribution in [1.29, 1.82) is 0 Å². The average Bonchev–Trinajstić information content (AvgIpc) is 2.30. The molecule has 1 heterocycles. The molecular formula is C14H19BrO2. The highest BCUT2D eigenvalue weighted by Crippen LogP contribution is 2.38. The van der Waals surface area contributed by atoms with Crippen LogP contribution in [0.25, 0.3) is 0 Å². The van der Waals surface area contributed by atoms with Crippen LogP contribution in [0.4, 0.5) is 0 Å². The molecule has 1 aromatic carbocycles. The molecule has 0 fully saturated rings. The van der Waals surface area contributed by atoms with Gasteiger partial charge < -0.3 is 9.84 Å². The molecule has 0 aromatic heterocycles. The van der Waals surface area contributed by atoms with E-state index in [-0.39, 0.29) is 6.10 Å². The van der Waals surface area contributed by atoms with Gasteiger partial charge in [0.25, 0.3) is 0 Å². The van der Waals surface area contributed by atoms with Crippen LogP contribution >= 0.6 is 15.9 Å². The Kier molecular flexibility index (Phi) is 4.10. The summed E-state index contributed by atoms with van der Waals surface area (Å²) in [6.07, 6.45) is 2.73. The number of ether oxygens (including phenoxy) is 1. The molecule has 3 unspecified atom stereocenters. The zero-order chi connectivity index (χ0) is 12.4. The van der Waals surface area contributed by atoms with E-state index in [0.717, 1.165) is 28.6 Å². The van der Waals surface area contributed by atoms with Crippen molar-refractivity contribution in [2.45, 2.75) is 45.3 Å². The van der Waals surface area contributed by atoms with E-state index in [1.807, 2.05) is 18.2 Å². The quantitative estimate of drug-likeness (QED) is 0.911. The van der Waals surface area contributed by atoms with E-state index < -0.39 is 6.10 Å². The maximum absolute atomic E-state index is 10.2. The summed E-state index contributed by atoms with van der Waals surface area (Å²) in [5, 5.41) is 10.2. The molecule has 1 N–H and O–H groups in total. The molecule has 2 rings (SSSR count). The normalized spacial score (nSPS) is 24.9. The molecule has 0 aliphatic carbocycles. The van der Waals surface area contributed by atoms with E-state index >= 15 is 0 Å². The summed E-state index contributed by atoms with van der Waals surface area (Å²) in [6, 6.07) is 5.84. The van der Waals surface area contributed by atoms with Gasteiger partial charge in [0.1, 0.15) is 11.9 Å². The van der Waals surface area contributed by atoms with Gasteiger partial charge in [0.05, 0.1) is 6.10 Å². The molecule has 1 aliphatic heterocycles. The standard InChI is InChI=1S/C14H19BrO2/c1-3-4-9(2)14-8-12(16)11-7-10(15)5-6-13(11)17-14/h5-7,9,12,14,16H,3-4,8H2,1-2H3. The molecule has 17 heavy (non-hydrogen) atoms. The first-order valence-corrected chi connectivity index (χ1v) is 7.05. The predicted molar refractivity (Wildman–Crippen MR) is 72.2 cm³/mol. The third-order valence-electron chi connectivity index (χ3n) is 3.44. The first-order chi connectivity index (χ1) is 8.11. The molecule has 1 aliphatic rings. The Hall–Kier alpha value is -0.540. The lowest BCUT2D eigenvalue weighted by molar-refractivity contribution is 0.0361. The second-order valence-electron chi connectivity index (χ2n) is 4.86. The van der Waals surface area contributed by atoms with Crippen LogP contribution in [0.5, 0.6) is 5.75 Å². The van der Waals surface area contributed by atoms with Gasteiger partial charge in [-0.05, 0) is 30.5 Å². The van der Waals surface area contributed by atoms with Gasteiger partial charge in [0.15, 0.2) is 0 Å². The summed E-state index contributed by atoms with van der Waals surface area (Å²) < 4.78 is 6.98. The third kappa shape index (κ3) is 2.83. The molecule has 0 spiro atoms. The van der Waals surface area contributed by atoms with Crippen molar-refractivity contribution in [2.24, 2.45) is 5.92 Å². The van der Waals surface area contributed by atoms with Crippen molar-refractivity contribution < 1.29 is 9.84 Å². The Bertz CT molecular complexity index is 392. The van der Waals surface area contributed by atoms with E-state index in [4.69, 9.17) is 4.74 Å². The number of rotatable bonds is 3. The number of aliphatic hydroxyl groups is 1. The van der Waals surface area contributed by atoms with Gasteiger partial charge in [-0.3, -0.25) is 0 Å². The summed E-state index contributed by atoms with van der Waals surface area (Å²) in [7, 11) is 0. The van der Waals surface area contributed by atoms with E-state index in [1.165, 1.54) is 0 Å². The van der Waals surface area contributed by atoms with Crippen LogP contribution in [0.2, 0.25) is 0 Å². The van der Waals surface area contributed by atoms with Crippen LogP contribution in [0.15, 0.2) is 22.7 Å². The number of benzene rings is 1. The van der Waals surface area contributed by atoms with Crippen molar-refractivity contribution in [1.82, 2.24) is 0 Å². The van der Waals surface area contributed by atoms with Gasteiger partial charge in [-0.25, -0.2) is 0 Å². The Morgan fingerprint density at radius 1 is 1.53 bits per heavy atom. The predicted octanol–water partition coefficient (Wildman–Crippen LogP) is 4.07. The van der Waals surface area contributed by atoms with Crippen molar-refractivity contribution in [3.8, 4) is 5.75 Å². The second-order valence-corrected chi connectivity index (χ2v) is 5.77. The summed E-state index contributed by atoms with van der Waals surface area (Å²) in [6.45, 7) is 4.38. The first kappa shape index (κ1) is 12.9. The number of hydrogen-bond acceptors (Lipinski definition) is 2. The molecule has 0 amide bonds. The summed E-state index contributed by atoms with van der Waals surface area (Å²) >= 11 is 3.42. The van der Waals surface area contributed by atoms with E-state index in [9.17, 15) is 5.11 Å². The monoisotopic (exact) mass is 298 g/mol. The van der Waals surface area contributed by atoms with Crippen LogP contribution in [-0.2, 0) is 0 Å². The topological polar surface area (TPSA) is 29.5 Å². The Balaban J connectivity index is 2.18. The van der Waals surface area contributed by atoms with Gasteiger partial charge in [0, 0.05) is 16.5 Å². The zero-order valence-corrected chi connectivity index (χ0v) is 11.9. The summed E-state index contributed by atoms with van der Waals surface area (Å²) in [5.74, 6) is 1.33. The molecule has 0 bridgehead atoms. The molecule has 0 radical (unpaired) electrons. The van der Waals surface area contributed by atoms with Crippen LogP contribution < -0.4 is 4.74 Å². The van der Waals surface area contributed by atoms with Crippen molar-refractivity contribution in [3.05, 3.63) is 28.2 Å². The average molecular weight is 299 g/mol. The van der Waals surface area contributed by atoms with Crippen LogP contribution in [0.1, 0.15) is 44.8 Å². The van der Waals surface area contributed by atoms with Gasteiger partial charge >= 0.3 is 0 Å². The maximum Gasteiger partial charge on any atom is 0.125 e. The number of aliphatic hydroxyl groups excluding tert-OH is 1. The molecule has 0 saturated heterocycles. The smallest absolute Gasteiger partial charge is 0.125 e. The minimum Gasteiger partial charge on any atom is -0.490 e. The zero-order valence-electron chi connectivity index (χ0n) is 10.3. The lowest BCUT2D eigenvalue weighted by Gasteiger charge is -2.33. The van der Waals surface area contributed by atoms with Gasteiger partial charge in [-0.15, -0.1) is 0 Å². The SMILES string of the molecule is CCCC(C)C1CC(O)c2cc(Br)ccc2O1. The highest BCUT2D eigenvalue weighted by molar-refractivity contribution is 9.10. The number of fused-ring (bicyclic) bond motifs is 1. The lowest BCUT2D eigenvalue weighted by atomic mass is 9.90. The van der Waals surface area contributed by atoms with E-state index in [0.29, 0.717) is 12.3 Å². The van der Waals surface area contributed by atoms with Gasteiger partial charge in [0.2, 0.25) is 0 Å². The molecule has 94 valence electrons. The van der Waals surface area contributed by atoms with Crippen molar-refractivity contribution in [2.75, 3.05) is 0 Å². The Labute approximate surface area is 111 Å². The summed E-state index contributed by atoms with van der Waals surface area (Å²) in [4.78, 5) is 0. The third-order valence-corrected chi connectivity index (χ3v) is 3.94. The largest absolute Gasteiger partial charge is 0.490 e. The van der Waals surface area contributed by atoms with E-state index in [2.05, 4.69) is 29.8 Å². The van der Waals surface area contributed by atoms with Crippen LogP contribution in [0, 0.1) is 5.92 Å². The minimum absolute atomic E-state index is 0.138. The molecule has 3 atom stereocenters. The fraction of sp³-hybridized carbons (Fsp3) is 0.571. The highest BCUT2D eigenvalue weighted by Gasteiger charge is 2.30. The molecule has 1 aromatic rings. The lowest BCUT2D eigenvalue weighted by Crippen LogP contribution is -2.31. The van der Waals surface area contributed by atoms with Crippen LogP contribution in [0.3, 0.4) is 0 Å². The highest BCUT2D eigenvalue weighted by atomic mass is 79.9. The molecule has 3 heteroatoms. The number of hydrogen-bond donors (Lipinski definition) is 1. The molecule has 2 nitrogen and oxygen atoms in total. The fourth-order valence-electron chi connectivity index (χ4n) is 2.43. The summed E-state index contributed by atoms with van der Waals surface area (Å²) in [5.41, 5.74) is 0.902.